The second kappa shape index (κ2) is 6.96. The highest BCUT2D eigenvalue weighted by Gasteiger charge is 2.29. The molecule has 4 heteroatoms. The number of aliphatic hydroxyl groups excluding tert-OH is 1. The third-order valence-corrected chi connectivity index (χ3v) is 5.30. The molecule has 1 atom stereocenters. The molecule has 1 fully saturated rings. The summed E-state index contributed by atoms with van der Waals surface area (Å²) in [5.41, 5.74) is 2.84. The van der Waals surface area contributed by atoms with E-state index in [-0.39, 0.29) is 11.8 Å². The molecule has 1 aromatic heterocycles. The summed E-state index contributed by atoms with van der Waals surface area (Å²) in [5, 5.41) is 11.5. The Kier molecular flexibility index (Phi) is 4.51. The number of nitrogens with zero attached hydrogens (tertiary/aromatic N) is 1. The van der Waals surface area contributed by atoms with Crippen LogP contribution < -0.4 is 0 Å². The molecule has 134 valence electrons. The van der Waals surface area contributed by atoms with E-state index < -0.39 is 6.10 Å². The van der Waals surface area contributed by atoms with Crippen molar-refractivity contribution in [3.8, 4) is 0 Å². The fourth-order valence-corrected chi connectivity index (χ4v) is 3.76. The quantitative estimate of drug-likeness (QED) is 0.766. The number of hydrogen-bond donors (Lipinski definition) is 1. The Morgan fingerprint density at radius 2 is 1.85 bits per heavy atom. The summed E-state index contributed by atoms with van der Waals surface area (Å²) in [6.07, 6.45) is 1.12. The first kappa shape index (κ1) is 16.9. The van der Waals surface area contributed by atoms with Crippen LogP contribution in [0.4, 0.5) is 0 Å². The van der Waals surface area contributed by atoms with E-state index in [1.807, 2.05) is 66.4 Å². The molecule has 4 nitrogen and oxygen atoms in total. The number of furan rings is 1. The molecule has 26 heavy (non-hydrogen) atoms. The van der Waals surface area contributed by atoms with Crippen molar-refractivity contribution in [2.75, 3.05) is 13.1 Å². The van der Waals surface area contributed by atoms with E-state index in [4.69, 9.17) is 4.42 Å². The molecule has 3 aromatic rings. The van der Waals surface area contributed by atoms with Gasteiger partial charge in [0.2, 0.25) is 0 Å². The van der Waals surface area contributed by atoms with Crippen LogP contribution in [0.15, 0.2) is 59.0 Å². The summed E-state index contributed by atoms with van der Waals surface area (Å²) in [4.78, 5) is 14.6. The normalized spacial score (nSPS) is 16.8. The van der Waals surface area contributed by atoms with Crippen LogP contribution in [0, 0.1) is 12.8 Å². The largest absolute Gasteiger partial charge is 0.451 e. The van der Waals surface area contributed by atoms with Crippen LogP contribution in [0.25, 0.3) is 11.0 Å². The van der Waals surface area contributed by atoms with Gasteiger partial charge in [-0.05, 0) is 49.4 Å². The molecule has 0 aliphatic carbocycles. The molecule has 2 aromatic carbocycles. The highest BCUT2D eigenvalue weighted by atomic mass is 16.3. The van der Waals surface area contributed by atoms with Crippen molar-refractivity contribution in [1.29, 1.82) is 0 Å². The van der Waals surface area contributed by atoms with Crippen LogP contribution >= 0.6 is 0 Å². The minimum absolute atomic E-state index is 0.0634. The molecule has 0 radical (unpaired) electrons. The molecular weight excluding hydrogens is 326 g/mol. The van der Waals surface area contributed by atoms with E-state index in [0.717, 1.165) is 34.9 Å². The minimum atomic E-state index is -0.470. The third kappa shape index (κ3) is 3.25. The van der Waals surface area contributed by atoms with Crippen molar-refractivity contribution in [2.45, 2.75) is 25.9 Å². The summed E-state index contributed by atoms with van der Waals surface area (Å²) >= 11 is 0. The van der Waals surface area contributed by atoms with E-state index in [1.54, 1.807) is 0 Å². The summed E-state index contributed by atoms with van der Waals surface area (Å²) in [6.45, 7) is 3.31. The summed E-state index contributed by atoms with van der Waals surface area (Å²) < 4.78 is 5.74. The number of aryl methyl sites for hydroxylation is 1. The SMILES string of the molecule is Cc1ccc2oc(C(=O)N3CCC(C(O)c4ccccc4)CC3)cc2c1. The number of fused-ring (bicyclic) bond motifs is 1. The number of rotatable bonds is 3. The van der Waals surface area contributed by atoms with Crippen molar-refractivity contribution in [1.82, 2.24) is 4.90 Å². The highest BCUT2D eigenvalue weighted by molar-refractivity contribution is 5.96. The Labute approximate surface area is 153 Å². The van der Waals surface area contributed by atoms with E-state index in [1.165, 1.54) is 0 Å². The molecule has 1 amide bonds. The zero-order valence-electron chi connectivity index (χ0n) is 14.9. The molecule has 0 bridgehead atoms. The number of piperidine rings is 1. The van der Waals surface area contributed by atoms with E-state index in [0.29, 0.717) is 18.8 Å². The van der Waals surface area contributed by atoms with Crippen LogP contribution in [0.1, 0.15) is 40.6 Å². The van der Waals surface area contributed by atoms with E-state index in [2.05, 4.69) is 0 Å². The number of carbonyl (C=O) groups excluding carboxylic acids is 1. The van der Waals surface area contributed by atoms with E-state index in [9.17, 15) is 9.90 Å². The van der Waals surface area contributed by atoms with Gasteiger partial charge in [-0.25, -0.2) is 0 Å². The molecule has 2 heterocycles. The lowest BCUT2D eigenvalue weighted by Crippen LogP contribution is -2.39. The van der Waals surface area contributed by atoms with Crippen LogP contribution in [-0.2, 0) is 0 Å². The van der Waals surface area contributed by atoms with Gasteiger partial charge in [-0.3, -0.25) is 4.79 Å². The molecule has 1 N–H and O–H groups in total. The van der Waals surface area contributed by atoms with Crippen molar-refractivity contribution in [3.05, 3.63) is 71.5 Å². The van der Waals surface area contributed by atoms with Gasteiger partial charge in [0.15, 0.2) is 5.76 Å². The standard InChI is InChI=1S/C22H23NO3/c1-15-7-8-19-18(13-15)14-20(26-19)22(25)23-11-9-17(10-12-23)21(24)16-5-3-2-4-6-16/h2-8,13-14,17,21,24H,9-12H2,1H3. The average Bonchev–Trinajstić information content (AvgIpc) is 3.11. The fourth-order valence-electron chi connectivity index (χ4n) is 3.76. The maximum Gasteiger partial charge on any atom is 0.289 e. The third-order valence-electron chi connectivity index (χ3n) is 5.30. The zero-order valence-corrected chi connectivity index (χ0v) is 14.9. The Hall–Kier alpha value is -2.59. The van der Waals surface area contributed by atoms with E-state index >= 15 is 0 Å². The number of amides is 1. The van der Waals surface area contributed by atoms with Gasteiger partial charge in [-0.1, -0.05) is 42.0 Å². The lowest BCUT2D eigenvalue weighted by atomic mass is 9.87. The van der Waals surface area contributed by atoms with Crippen LogP contribution in [0.3, 0.4) is 0 Å². The number of hydrogen-bond acceptors (Lipinski definition) is 3. The Balaban J connectivity index is 1.43. The fraction of sp³-hybridized carbons (Fsp3) is 0.318. The topological polar surface area (TPSA) is 53.7 Å². The van der Waals surface area contributed by atoms with Crippen molar-refractivity contribution < 1.29 is 14.3 Å². The monoisotopic (exact) mass is 349 g/mol. The first-order valence-corrected chi connectivity index (χ1v) is 9.14. The number of likely N-dealkylation sites (tertiary alicyclic amines) is 1. The van der Waals surface area contributed by atoms with Crippen molar-refractivity contribution >= 4 is 16.9 Å². The Bertz CT molecular complexity index is 908. The van der Waals surface area contributed by atoms with Gasteiger partial charge >= 0.3 is 0 Å². The predicted octanol–water partition coefficient (Wildman–Crippen LogP) is 4.33. The predicted molar refractivity (Wildman–Crippen MR) is 101 cm³/mol. The second-order valence-corrected chi connectivity index (χ2v) is 7.14. The maximum atomic E-state index is 12.8. The van der Waals surface area contributed by atoms with Crippen LogP contribution in [-0.4, -0.2) is 29.0 Å². The molecule has 0 saturated carbocycles. The summed E-state index contributed by atoms with van der Waals surface area (Å²) in [7, 11) is 0. The molecule has 1 unspecified atom stereocenters. The highest BCUT2D eigenvalue weighted by Crippen LogP contribution is 2.31. The van der Waals surface area contributed by atoms with Crippen LogP contribution in [0.2, 0.25) is 0 Å². The first-order valence-electron chi connectivity index (χ1n) is 9.14. The van der Waals surface area contributed by atoms with Gasteiger partial charge in [0, 0.05) is 18.5 Å². The minimum Gasteiger partial charge on any atom is -0.451 e. The first-order chi connectivity index (χ1) is 12.6. The van der Waals surface area contributed by atoms with Gasteiger partial charge in [0.1, 0.15) is 5.58 Å². The van der Waals surface area contributed by atoms with Crippen molar-refractivity contribution in [3.63, 3.8) is 0 Å². The summed E-state index contributed by atoms with van der Waals surface area (Å²) in [6, 6.07) is 17.5. The smallest absolute Gasteiger partial charge is 0.289 e. The Morgan fingerprint density at radius 1 is 1.12 bits per heavy atom. The van der Waals surface area contributed by atoms with Gasteiger partial charge in [0.05, 0.1) is 6.10 Å². The lowest BCUT2D eigenvalue weighted by molar-refractivity contribution is 0.0444. The van der Waals surface area contributed by atoms with Gasteiger partial charge in [-0.2, -0.15) is 0 Å². The van der Waals surface area contributed by atoms with Crippen LogP contribution in [0.5, 0.6) is 0 Å². The van der Waals surface area contributed by atoms with Gasteiger partial charge < -0.3 is 14.4 Å². The van der Waals surface area contributed by atoms with Crippen molar-refractivity contribution in [2.24, 2.45) is 5.92 Å². The number of carbonyl (C=O) groups is 1. The van der Waals surface area contributed by atoms with Gasteiger partial charge in [-0.15, -0.1) is 0 Å². The molecule has 1 aliphatic heterocycles. The maximum absolute atomic E-state index is 12.8. The molecule has 1 saturated heterocycles. The molecule has 1 aliphatic rings. The zero-order chi connectivity index (χ0) is 18.1. The Morgan fingerprint density at radius 3 is 2.58 bits per heavy atom. The number of benzene rings is 2. The lowest BCUT2D eigenvalue weighted by Gasteiger charge is -2.34. The van der Waals surface area contributed by atoms with Gasteiger partial charge in [0.25, 0.3) is 5.91 Å². The molecule has 4 rings (SSSR count). The summed E-state index contributed by atoms with van der Waals surface area (Å²) in [5.74, 6) is 0.513. The second-order valence-electron chi connectivity index (χ2n) is 7.14. The average molecular weight is 349 g/mol. The molecular formula is C22H23NO3. The molecule has 0 spiro atoms. The number of aliphatic hydroxyl groups is 1.